The molecule has 9 nitrogen and oxygen atoms in total. The molecule has 1 N–H and O–H groups in total. The van der Waals surface area contributed by atoms with E-state index < -0.39 is 32.5 Å². The van der Waals surface area contributed by atoms with E-state index in [9.17, 15) is 19.0 Å². The lowest BCUT2D eigenvalue weighted by Gasteiger charge is -2.24. The largest absolute Gasteiger partial charge is 0.472 e. The highest BCUT2D eigenvalue weighted by atomic mass is 31.2. The number of allylic oxidation sites excluding steroid dienone is 6. The zero-order valence-electron chi connectivity index (χ0n) is 39.7. The summed E-state index contributed by atoms with van der Waals surface area (Å²) in [5.74, 6) is -0.835. The molecule has 0 aromatic heterocycles. The SMILES string of the molecule is CCCCC/C=C\C/C=C\C/C=C\CCCCC(=O)OC[C@H](COP(=O)(O)OCC[N+](C)(C)C)OC(=O)CCCCCCCCCCCCCCCCCCCCCCC. The first-order chi connectivity index (χ1) is 29.0. The first-order valence-corrected chi connectivity index (χ1v) is 26.2. The molecule has 10 heteroatoms. The summed E-state index contributed by atoms with van der Waals surface area (Å²) < 4.78 is 34.4. The molecule has 0 spiro atoms. The maximum Gasteiger partial charge on any atom is 0.472 e. The molecule has 0 heterocycles. The van der Waals surface area contributed by atoms with Gasteiger partial charge in [0.2, 0.25) is 0 Å². The van der Waals surface area contributed by atoms with Crippen LogP contribution in [0.15, 0.2) is 36.5 Å². The molecule has 60 heavy (non-hydrogen) atoms. The maximum atomic E-state index is 12.7. The number of phosphoric acid groups is 1. The second kappa shape index (κ2) is 42.5. The second-order valence-corrected chi connectivity index (χ2v) is 19.3. The van der Waals surface area contributed by atoms with Crippen molar-refractivity contribution in [3.05, 3.63) is 36.5 Å². The number of carbonyl (C=O) groups is 2. The first kappa shape index (κ1) is 58.2. The van der Waals surface area contributed by atoms with E-state index in [0.29, 0.717) is 23.9 Å². The third-order valence-electron chi connectivity index (χ3n) is 10.7. The minimum atomic E-state index is -4.38. The van der Waals surface area contributed by atoms with Gasteiger partial charge in [-0.25, -0.2) is 4.57 Å². The van der Waals surface area contributed by atoms with E-state index in [0.717, 1.165) is 44.9 Å². The lowest BCUT2D eigenvalue weighted by Crippen LogP contribution is -2.37. The Kier molecular flexibility index (Phi) is 41.3. The quantitative estimate of drug-likeness (QED) is 0.0212. The van der Waals surface area contributed by atoms with Crippen LogP contribution in [0.5, 0.6) is 0 Å². The van der Waals surface area contributed by atoms with Crippen molar-refractivity contribution in [1.29, 1.82) is 0 Å². The predicted molar refractivity (Wildman–Crippen MR) is 252 cm³/mol. The number of rotatable bonds is 45. The van der Waals surface area contributed by atoms with Crippen molar-refractivity contribution in [2.75, 3.05) is 47.5 Å². The van der Waals surface area contributed by atoms with E-state index in [2.05, 4.69) is 50.3 Å². The summed E-state index contributed by atoms with van der Waals surface area (Å²) in [4.78, 5) is 35.5. The van der Waals surface area contributed by atoms with Gasteiger partial charge in [-0.1, -0.05) is 192 Å². The normalized spacial score (nSPS) is 13.8. The summed E-state index contributed by atoms with van der Waals surface area (Å²) in [6.07, 6.45) is 49.2. The number of hydrogen-bond acceptors (Lipinski definition) is 7. The van der Waals surface area contributed by atoms with Crippen LogP contribution in [-0.2, 0) is 32.7 Å². The highest BCUT2D eigenvalue weighted by molar-refractivity contribution is 7.47. The van der Waals surface area contributed by atoms with E-state index in [1.165, 1.54) is 135 Å². The molecule has 0 bridgehead atoms. The minimum Gasteiger partial charge on any atom is -0.462 e. The van der Waals surface area contributed by atoms with Gasteiger partial charge >= 0.3 is 19.8 Å². The monoisotopic (exact) mass is 869 g/mol. The molecule has 0 aromatic carbocycles. The summed E-state index contributed by atoms with van der Waals surface area (Å²) in [6.45, 7) is 4.38. The Morgan fingerprint density at radius 2 is 0.900 bits per heavy atom. The van der Waals surface area contributed by atoms with Crippen molar-refractivity contribution in [3.8, 4) is 0 Å². The van der Waals surface area contributed by atoms with Gasteiger partial charge in [-0.05, 0) is 51.4 Å². The molecule has 0 saturated carbocycles. The number of quaternary nitrogens is 1. The molecule has 0 aromatic rings. The molecule has 2 atom stereocenters. The van der Waals surface area contributed by atoms with Gasteiger partial charge in [0.05, 0.1) is 27.7 Å². The molecule has 0 aliphatic rings. The van der Waals surface area contributed by atoms with Crippen LogP contribution >= 0.6 is 7.82 Å². The average molecular weight is 869 g/mol. The van der Waals surface area contributed by atoms with Crippen LogP contribution in [-0.4, -0.2) is 74.9 Å². The Labute approximate surface area is 370 Å². The predicted octanol–water partition coefficient (Wildman–Crippen LogP) is 14.5. The van der Waals surface area contributed by atoms with Gasteiger partial charge < -0.3 is 18.9 Å². The van der Waals surface area contributed by atoms with Crippen molar-refractivity contribution < 1.29 is 42.1 Å². The number of ether oxygens (including phenoxy) is 2. The van der Waals surface area contributed by atoms with Crippen LogP contribution in [0, 0.1) is 0 Å². The Morgan fingerprint density at radius 3 is 1.37 bits per heavy atom. The zero-order chi connectivity index (χ0) is 44.3. The standard InChI is InChI=1S/C50H94NO8P/c1-6-8-10-12-14-16-18-20-22-23-24-25-26-27-29-31-33-35-37-39-41-43-50(53)59-48(47-58-60(54,55)57-45-44-51(3,4)5)46-56-49(52)42-40-38-36-34-32-30-28-21-19-17-15-13-11-9-7-2/h15,17,21,28,32,34,48H,6-14,16,18-20,22-27,29-31,33,35-47H2,1-5H3/p+1/b17-15-,28-21-,34-32-/t48-/m1/s1. The van der Waals surface area contributed by atoms with Crippen molar-refractivity contribution >= 4 is 19.8 Å². The summed E-state index contributed by atoms with van der Waals surface area (Å²) >= 11 is 0. The Hall–Kier alpha value is -1.77. The number of phosphoric ester groups is 1. The molecular formula is C50H95NO8P+. The fourth-order valence-electron chi connectivity index (χ4n) is 6.79. The van der Waals surface area contributed by atoms with E-state index in [-0.39, 0.29) is 26.1 Å². The van der Waals surface area contributed by atoms with Crippen LogP contribution < -0.4 is 0 Å². The van der Waals surface area contributed by atoms with Gasteiger partial charge in [0.15, 0.2) is 6.10 Å². The van der Waals surface area contributed by atoms with Gasteiger partial charge in [0, 0.05) is 12.8 Å². The average Bonchev–Trinajstić information content (AvgIpc) is 3.20. The molecule has 352 valence electrons. The Bertz CT molecular complexity index is 1120. The maximum absolute atomic E-state index is 12.7. The van der Waals surface area contributed by atoms with Gasteiger partial charge in [-0.3, -0.25) is 18.6 Å². The molecule has 0 aliphatic heterocycles. The van der Waals surface area contributed by atoms with Gasteiger partial charge in [-0.2, -0.15) is 0 Å². The Morgan fingerprint density at radius 1 is 0.517 bits per heavy atom. The van der Waals surface area contributed by atoms with E-state index in [1.54, 1.807) is 0 Å². The number of esters is 2. The molecule has 0 rings (SSSR count). The van der Waals surface area contributed by atoms with Crippen LogP contribution in [0.3, 0.4) is 0 Å². The minimum absolute atomic E-state index is 0.0267. The smallest absolute Gasteiger partial charge is 0.462 e. The third kappa shape index (κ3) is 45.7. The number of likely N-dealkylation sites (N-methyl/N-ethyl adjacent to an activating group) is 1. The zero-order valence-corrected chi connectivity index (χ0v) is 40.6. The number of unbranched alkanes of at least 4 members (excludes halogenated alkanes) is 25. The van der Waals surface area contributed by atoms with Crippen molar-refractivity contribution in [2.45, 2.75) is 225 Å². The topological polar surface area (TPSA) is 108 Å². The molecule has 0 radical (unpaired) electrons. The highest BCUT2D eigenvalue weighted by Crippen LogP contribution is 2.43. The Balaban J connectivity index is 4.28. The van der Waals surface area contributed by atoms with Gasteiger partial charge in [0.25, 0.3) is 0 Å². The highest BCUT2D eigenvalue weighted by Gasteiger charge is 2.27. The van der Waals surface area contributed by atoms with E-state index in [4.69, 9.17) is 18.5 Å². The van der Waals surface area contributed by atoms with Crippen molar-refractivity contribution in [2.24, 2.45) is 0 Å². The second-order valence-electron chi connectivity index (χ2n) is 17.9. The van der Waals surface area contributed by atoms with Crippen molar-refractivity contribution in [1.82, 2.24) is 0 Å². The first-order valence-electron chi connectivity index (χ1n) is 24.7. The number of carbonyl (C=O) groups excluding carboxylic acids is 2. The number of nitrogens with zero attached hydrogens (tertiary/aromatic N) is 1. The van der Waals surface area contributed by atoms with Crippen LogP contribution in [0.1, 0.15) is 219 Å². The van der Waals surface area contributed by atoms with E-state index in [1.807, 2.05) is 21.1 Å². The molecule has 0 saturated heterocycles. The molecule has 0 aliphatic carbocycles. The van der Waals surface area contributed by atoms with Gasteiger partial charge in [0.1, 0.15) is 19.8 Å². The summed E-state index contributed by atoms with van der Waals surface area (Å²) in [7, 11) is 1.46. The third-order valence-corrected chi connectivity index (χ3v) is 11.7. The fraction of sp³-hybridized carbons (Fsp3) is 0.840. The molecular weight excluding hydrogens is 774 g/mol. The van der Waals surface area contributed by atoms with E-state index >= 15 is 0 Å². The van der Waals surface area contributed by atoms with Crippen molar-refractivity contribution in [3.63, 3.8) is 0 Å². The fourth-order valence-corrected chi connectivity index (χ4v) is 7.53. The summed E-state index contributed by atoms with van der Waals surface area (Å²) in [5.41, 5.74) is 0. The summed E-state index contributed by atoms with van der Waals surface area (Å²) in [6, 6.07) is 0. The summed E-state index contributed by atoms with van der Waals surface area (Å²) in [5, 5.41) is 0. The number of hydrogen-bond donors (Lipinski definition) is 1. The van der Waals surface area contributed by atoms with Crippen LogP contribution in [0.2, 0.25) is 0 Å². The van der Waals surface area contributed by atoms with Gasteiger partial charge in [-0.15, -0.1) is 0 Å². The van der Waals surface area contributed by atoms with Crippen LogP contribution in [0.4, 0.5) is 0 Å². The lowest BCUT2D eigenvalue weighted by atomic mass is 10.0. The molecule has 1 unspecified atom stereocenters. The van der Waals surface area contributed by atoms with Crippen LogP contribution in [0.25, 0.3) is 0 Å². The molecule has 0 fully saturated rings. The lowest BCUT2D eigenvalue weighted by molar-refractivity contribution is -0.870. The molecule has 0 amide bonds.